The van der Waals surface area contributed by atoms with Crippen molar-refractivity contribution in [3.8, 4) is 5.75 Å². The molecule has 6 heteroatoms. The van der Waals surface area contributed by atoms with Crippen molar-refractivity contribution in [1.29, 1.82) is 0 Å². The minimum Gasteiger partial charge on any atom is -0.503 e. The second-order valence-electron chi connectivity index (χ2n) is 7.93. The number of hydrogen-bond acceptors (Lipinski definition) is 5. The Kier molecular flexibility index (Phi) is 4.98. The van der Waals surface area contributed by atoms with Crippen molar-refractivity contribution in [3.63, 3.8) is 0 Å². The SMILES string of the molecule is COc1ccc(C2C(C(=O)c3cc4ccccc4o3)=C(O)C(=O)N2c2ccc(C)cc2)cc1. The topological polar surface area (TPSA) is 80.0 Å². The molecule has 1 N–H and O–H groups in total. The smallest absolute Gasteiger partial charge is 0.294 e. The maximum Gasteiger partial charge on any atom is 0.294 e. The molecule has 4 aromatic rings. The van der Waals surface area contributed by atoms with Crippen molar-refractivity contribution in [2.24, 2.45) is 0 Å². The normalized spacial score (nSPS) is 16.0. The van der Waals surface area contributed by atoms with Gasteiger partial charge in [-0.15, -0.1) is 0 Å². The number of anilines is 1. The second kappa shape index (κ2) is 7.98. The van der Waals surface area contributed by atoms with Gasteiger partial charge in [0.25, 0.3) is 5.91 Å². The summed E-state index contributed by atoms with van der Waals surface area (Å²) in [6.07, 6.45) is 0. The molecule has 0 spiro atoms. The summed E-state index contributed by atoms with van der Waals surface area (Å²) in [6, 6.07) is 22.5. The van der Waals surface area contributed by atoms with E-state index in [-0.39, 0.29) is 11.3 Å². The molecule has 1 aromatic heterocycles. The summed E-state index contributed by atoms with van der Waals surface area (Å²) in [6.45, 7) is 1.95. The maximum atomic E-state index is 13.6. The van der Waals surface area contributed by atoms with Gasteiger partial charge in [-0.1, -0.05) is 48.0 Å². The van der Waals surface area contributed by atoms with Crippen LogP contribution < -0.4 is 9.64 Å². The molecule has 1 unspecified atom stereocenters. The molecular weight excluding hydrogens is 418 g/mol. The number of furan rings is 1. The first-order valence-corrected chi connectivity index (χ1v) is 10.5. The molecule has 164 valence electrons. The lowest BCUT2D eigenvalue weighted by molar-refractivity contribution is -0.117. The summed E-state index contributed by atoms with van der Waals surface area (Å²) in [5.41, 5.74) is 2.80. The van der Waals surface area contributed by atoms with E-state index in [1.54, 1.807) is 55.6 Å². The summed E-state index contributed by atoms with van der Waals surface area (Å²) in [4.78, 5) is 28.3. The van der Waals surface area contributed by atoms with Gasteiger partial charge in [0.1, 0.15) is 11.3 Å². The fourth-order valence-electron chi connectivity index (χ4n) is 4.14. The molecule has 1 aliphatic rings. The number of rotatable bonds is 5. The summed E-state index contributed by atoms with van der Waals surface area (Å²) in [7, 11) is 1.56. The highest BCUT2D eigenvalue weighted by molar-refractivity contribution is 6.20. The van der Waals surface area contributed by atoms with E-state index in [9.17, 15) is 14.7 Å². The Balaban J connectivity index is 1.65. The lowest BCUT2D eigenvalue weighted by atomic mass is 9.94. The van der Waals surface area contributed by atoms with Gasteiger partial charge in [0, 0.05) is 11.1 Å². The number of aryl methyl sites for hydroxylation is 1. The predicted octanol–water partition coefficient (Wildman–Crippen LogP) is 5.53. The van der Waals surface area contributed by atoms with Crippen LogP contribution in [0.15, 0.2) is 94.6 Å². The molecule has 33 heavy (non-hydrogen) atoms. The van der Waals surface area contributed by atoms with Crippen molar-refractivity contribution in [3.05, 3.63) is 107 Å². The van der Waals surface area contributed by atoms with Gasteiger partial charge in [0.05, 0.1) is 18.7 Å². The average molecular weight is 439 g/mol. The molecule has 0 fully saturated rings. The Labute approximate surface area is 190 Å². The number of ether oxygens (including phenoxy) is 1. The molecule has 1 amide bonds. The molecular formula is C27H21NO5. The van der Waals surface area contributed by atoms with E-state index in [2.05, 4.69) is 0 Å². The summed E-state index contributed by atoms with van der Waals surface area (Å²) >= 11 is 0. The molecule has 1 atom stereocenters. The van der Waals surface area contributed by atoms with E-state index in [4.69, 9.17) is 9.15 Å². The molecule has 2 heterocycles. The third kappa shape index (κ3) is 3.46. The fourth-order valence-corrected chi connectivity index (χ4v) is 4.14. The van der Waals surface area contributed by atoms with Crippen LogP contribution in [0.5, 0.6) is 5.75 Å². The van der Waals surface area contributed by atoms with Crippen LogP contribution in [0.4, 0.5) is 5.69 Å². The zero-order valence-electron chi connectivity index (χ0n) is 18.1. The van der Waals surface area contributed by atoms with Crippen molar-refractivity contribution in [2.45, 2.75) is 13.0 Å². The van der Waals surface area contributed by atoms with E-state index in [1.165, 1.54) is 4.90 Å². The number of ketones is 1. The number of aliphatic hydroxyl groups excluding tert-OH is 1. The molecule has 0 radical (unpaired) electrons. The predicted molar refractivity (Wildman–Crippen MR) is 125 cm³/mol. The number of Topliss-reactive ketones (excluding diaryl/α,β-unsaturated/α-hetero) is 1. The quantitative estimate of drug-likeness (QED) is 0.414. The van der Waals surface area contributed by atoms with E-state index in [0.717, 1.165) is 10.9 Å². The van der Waals surface area contributed by atoms with Gasteiger partial charge in [0.15, 0.2) is 11.5 Å². The van der Waals surface area contributed by atoms with Crippen LogP contribution in [0.1, 0.15) is 27.7 Å². The molecule has 0 saturated carbocycles. The monoisotopic (exact) mass is 439 g/mol. The average Bonchev–Trinajstić information content (AvgIpc) is 3.39. The van der Waals surface area contributed by atoms with Gasteiger partial charge in [-0.2, -0.15) is 0 Å². The number of benzene rings is 3. The Morgan fingerprint density at radius 2 is 1.70 bits per heavy atom. The largest absolute Gasteiger partial charge is 0.503 e. The number of nitrogens with zero attached hydrogens (tertiary/aromatic N) is 1. The lowest BCUT2D eigenvalue weighted by Crippen LogP contribution is -2.31. The highest BCUT2D eigenvalue weighted by Gasteiger charge is 2.45. The second-order valence-corrected chi connectivity index (χ2v) is 7.93. The minimum atomic E-state index is -0.827. The minimum absolute atomic E-state index is 0.0233. The number of hydrogen-bond donors (Lipinski definition) is 1. The molecule has 0 aliphatic carbocycles. The Morgan fingerprint density at radius 1 is 1.00 bits per heavy atom. The van der Waals surface area contributed by atoms with Crippen LogP contribution in [-0.4, -0.2) is 23.9 Å². The zero-order valence-corrected chi connectivity index (χ0v) is 18.1. The van der Waals surface area contributed by atoms with E-state index in [0.29, 0.717) is 22.6 Å². The van der Waals surface area contributed by atoms with Gasteiger partial charge in [-0.25, -0.2) is 0 Å². The third-order valence-electron chi connectivity index (χ3n) is 5.85. The first-order chi connectivity index (χ1) is 16.0. The molecule has 5 rings (SSSR count). The first kappa shape index (κ1) is 20.6. The molecule has 0 saturated heterocycles. The number of carbonyl (C=O) groups is 2. The van der Waals surface area contributed by atoms with Crippen LogP contribution in [0.25, 0.3) is 11.0 Å². The maximum absolute atomic E-state index is 13.6. The first-order valence-electron chi connectivity index (χ1n) is 10.5. The lowest BCUT2D eigenvalue weighted by Gasteiger charge is -2.27. The van der Waals surface area contributed by atoms with Crippen LogP contribution in [0.3, 0.4) is 0 Å². The molecule has 0 bridgehead atoms. The Morgan fingerprint density at radius 3 is 2.36 bits per heavy atom. The highest BCUT2D eigenvalue weighted by Crippen LogP contribution is 2.42. The molecule has 6 nitrogen and oxygen atoms in total. The summed E-state index contributed by atoms with van der Waals surface area (Å²) in [5.74, 6) is -1.05. The summed E-state index contributed by atoms with van der Waals surface area (Å²) in [5, 5.41) is 11.6. The van der Waals surface area contributed by atoms with Gasteiger partial charge in [-0.3, -0.25) is 14.5 Å². The standard InChI is InChI=1S/C27H21NO5/c1-16-7-11-19(12-8-16)28-24(17-9-13-20(32-2)14-10-17)23(26(30)27(28)31)25(29)22-15-18-5-3-4-6-21(18)33-22/h3-15,24,30H,1-2H3. The van der Waals surface area contributed by atoms with Gasteiger partial charge in [0.2, 0.25) is 5.78 Å². The van der Waals surface area contributed by atoms with Crippen molar-refractivity contribution in [2.75, 3.05) is 12.0 Å². The van der Waals surface area contributed by atoms with E-state index >= 15 is 0 Å². The van der Waals surface area contributed by atoms with Crippen LogP contribution in [0.2, 0.25) is 0 Å². The van der Waals surface area contributed by atoms with Gasteiger partial charge < -0.3 is 14.3 Å². The Hall–Kier alpha value is -4.32. The van der Waals surface area contributed by atoms with Crippen LogP contribution >= 0.6 is 0 Å². The zero-order chi connectivity index (χ0) is 23.1. The molecule has 3 aromatic carbocycles. The van der Waals surface area contributed by atoms with E-state index < -0.39 is 23.5 Å². The van der Waals surface area contributed by atoms with Crippen molar-refractivity contribution < 1.29 is 23.8 Å². The number of amides is 1. The van der Waals surface area contributed by atoms with Crippen LogP contribution in [0, 0.1) is 6.92 Å². The fraction of sp³-hybridized carbons (Fsp3) is 0.111. The van der Waals surface area contributed by atoms with E-state index in [1.807, 2.05) is 37.3 Å². The number of carbonyl (C=O) groups excluding carboxylic acids is 2. The van der Waals surface area contributed by atoms with Crippen LogP contribution in [-0.2, 0) is 4.79 Å². The van der Waals surface area contributed by atoms with Gasteiger partial charge in [-0.05, 0) is 48.9 Å². The number of para-hydroxylation sites is 1. The number of aliphatic hydroxyl groups is 1. The summed E-state index contributed by atoms with van der Waals surface area (Å²) < 4.78 is 11.0. The number of methoxy groups -OCH3 is 1. The van der Waals surface area contributed by atoms with Gasteiger partial charge >= 0.3 is 0 Å². The van der Waals surface area contributed by atoms with Crippen molar-refractivity contribution in [1.82, 2.24) is 0 Å². The third-order valence-corrected chi connectivity index (χ3v) is 5.85. The Bertz CT molecular complexity index is 1360. The van der Waals surface area contributed by atoms with Crippen molar-refractivity contribution >= 4 is 28.3 Å². The molecule has 1 aliphatic heterocycles. The highest BCUT2D eigenvalue weighted by atomic mass is 16.5. The number of fused-ring (bicyclic) bond motifs is 1.